The van der Waals surface area contributed by atoms with Crippen LogP contribution < -0.4 is 0 Å². The van der Waals surface area contributed by atoms with Gasteiger partial charge in [0, 0.05) is 13.7 Å². The number of nitrogens with zero attached hydrogens (tertiary/aromatic N) is 1. The molecule has 0 saturated carbocycles. The number of carbonyl (C=O) groups excluding carboxylic acids is 1. The van der Waals surface area contributed by atoms with E-state index in [9.17, 15) is 14.7 Å². The zero-order valence-electron chi connectivity index (χ0n) is 11.0. The topological polar surface area (TPSA) is 76.1 Å². The number of hydrogen-bond donors (Lipinski definition) is 1. The highest BCUT2D eigenvalue weighted by Crippen LogP contribution is 2.29. The van der Waals surface area contributed by atoms with Crippen LogP contribution in [-0.4, -0.2) is 60.9 Å². The van der Waals surface area contributed by atoms with Gasteiger partial charge in [0.1, 0.15) is 5.54 Å². The SMILES string of the molecule is COCCOCCC(=O)N1CCCC1(C)C(=O)O. The van der Waals surface area contributed by atoms with Gasteiger partial charge in [0.15, 0.2) is 0 Å². The van der Waals surface area contributed by atoms with Gasteiger partial charge in [-0.1, -0.05) is 0 Å². The van der Waals surface area contributed by atoms with Crippen molar-refractivity contribution >= 4 is 11.9 Å². The normalized spacial score (nSPS) is 23.3. The number of rotatable bonds is 7. The van der Waals surface area contributed by atoms with Crippen LogP contribution in [-0.2, 0) is 19.1 Å². The molecule has 1 fully saturated rings. The summed E-state index contributed by atoms with van der Waals surface area (Å²) >= 11 is 0. The van der Waals surface area contributed by atoms with Crippen LogP contribution in [0.2, 0.25) is 0 Å². The molecule has 1 saturated heterocycles. The van der Waals surface area contributed by atoms with Crippen LogP contribution in [0.15, 0.2) is 0 Å². The Morgan fingerprint density at radius 3 is 2.67 bits per heavy atom. The van der Waals surface area contributed by atoms with Crippen molar-refractivity contribution in [3.8, 4) is 0 Å². The van der Waals surface area contributed by atoms with Crippen molar-refractivity contribution in [2.24, 2.45) is 0 Å². The number of carboxylic acids is 1. The highest BCUT2D eigenvalue weighted by molar-refractivity contribution is 5.87. The largest absolute Gasteiger partial charge is 0.480 e. The van der Waals surface area contributed by atoms with Gasteiger partial charge in [-0.25, -0.2) is 4.79 Å². The van der Waals surface area contributed by atoms with E-state index in [0.717, 1.165) is 6.42 Å². The molecule has 1 aliphatic rings. The summed E-state index contributed by atoms with van der Waals surface area (Å²) < 4.78 is 10.0. The number of methoxy groups -OCH3 is 1. The van der Waals surface area contributed by atoms with Crippen molar-refractivity contribution in [1.29, 1.82) is 0 Å². The molecule has 1 rings (SSSR count). The maximum atomic E-state index is 11.9. The number of aliphatic carboxylic acids is 1. The highest BCUT2D eigenvalue weighted by atomic mass is 16.5. The second-order valence-corrected chi connectivity index (χ2v) is 4.58. The van der Waals surface area contributed by atoms with Gasteiger partial charge in [-0.15, -0.1) is 0 Å². The van der Waals surface area contributed by atoms with Crippen LogP contribution in [0.1, 0.15) is 26.2 Å². The van der Waals surface area contributed by atoms with Crippen LogP contribution >= 0.6 is 0 Å². The molecule has 1 unspecified atom stereocenters. The lowest BCUT2D eigenvalue weighted by Gasteiger charge is -2.31. The zero-order valence-corrected chi connectivity index (χ0v) is 11.0. The third-order valence-electron chi connectivity index (χ3n) is 3.29. The maximum Gasteiger partial charge on any atom is 0.329 e. The lowest BCUT2D eigenvalue weighted by Crippen LogP contribution is -2.50. The number of carbonyl (C=O) groups is 2. The Morgan fingerprint density at radius 1 is 1.33 bits per heavy atom. The molecule has 104 valence electrons. The lowest BCUT2D eigenvalue weighted by molar-refractivity contribution is -0.155. The monoisotopic (exact) mass is 259 g/mol. The van der Waals surface area contributed by atoms with Crippen molar-refractivity contribution in [3.63, 3.8) is 0 Å². The predicted octanol–water partition coefficient (Wildman–Crippen LogP) is 0.505. The quantitative estimate of drug-likeness (QED) is 0.674. The number of ether oxygens (including phenoxy) is 2. The van der Waals surface area contributed by atoms with Crippen LogP contribution in [0.25, 0.3) is 0 Å². The van der Waals surface area contributed by atoms with Gasteiger partial charge in [0.25, 0.3) is 0 Å². The van der Waals surface area contributed by atoms with E-state index in [1.54, 1.807) is 14.0 Å². The second-order valence-electron chi connectivity index (χ2n) is 4.58. The molecular weight excluding hydrogens is 238 g/mol. The fraction of sp³-hybridized carbons (Fsp3) is 0.833. The molecule has 1 atom stereocenters. The number of hydrogen-bond acceptors (Lipinski definition) is 4. The minimum atomic E-state index is -1.05. The molecule has 6 heteroatoms. The Bertz CT molecular complexity index is 307. The van der Waals surface area contributed by atoms with Crippen molar-refractivity contribution in [2.75, 3.05) is 33.5 Å². The summed E-state index contributed by atoms with van der Waals surface area (Å²) in [6, 6.07) is 0. The molecule has 0 aromatic carbocycles. The van der Waals surface area contributed by atoms with Gasteiger partial charge in [0.2, 0.25) is 5.91 Å². The Hall–Kier alpha value is -1.14. The average Bonchev–Trinajstić information content (AvgIpc) is 2.72. The summed E-state index contributed by atoms with van der Waals surface area (Å²) in [6.07, 6.45) is 1.46. The van der Waals surface area contributed by atoms with Crippen LogP contribution in [0.5, 0.6) is 0 Å². The van der Waals surface area contributed by atoms with E-state index in [1.807, 2.05) is 0 Å². The van der Waals surface area contributed by atoms with E-state index in [0.29, 0.717) is 32.8 Å². The number of likely N-dealkylation sites (tertiary alicyclic amines) is 1. The molecule has 18 heavy (non-hydrogen) atoms. The van der Waals surface area contributed by atoms with Crippen molar-refractivity contribution in [2.45, 2.75) is 31.7 Å². The first-order chi connectivity index (χ1) is 8.52. The molecule has 1 amide bonds. The summed E-state index contributed by atoms with van der Waals surface area (Å²) in [5.74, 6) is -1.09. The van der Waals surface area contributed by atoms with E-state index in [4.69, 9.17) is 9.47 Å². The zero-order chi connectivity index (χ0) is 13.6. The average molecular weight is 259 g/mol. The third-order valence-corrected chi connectivity index (χ3v) is 3.29. The first-order valence-electron chi connectivity index (χ1n) is 6.13. The molecule has 1 aliphatic heterocycles. The Kier molecular flexibility index (Phi) is 5.55. The summed E-state index contributed by atoms with van der Waals surface area (Å²) in [7, 11) is 1.58. The van der Waals surface area contributed by atoms with Crippen LogP contribution in [0, 0.1) is 0 Å². The molecule has 0 bridgehead atoms. The second kappa shape index (κ2) is 6.70. The van der Waals surface area contributed by atoms with Crippen molar-refractivity contribution in [1.82, 2.24) is 4.90 Å². The first-order valence-corrected chi connectivity index (χ1v) is 6.13. The molecule has 6 nitrogen and oxygen atoms in total. The van der Waals surface area contributed by atoms with E-state index >= 15 is 0 Å². The summed E-state index contributed by atoms with van der Waals surface area (Å²) in [5, 5.41) is 9.19. The van der Waals surface area contributed by atoms with Gasteiger partial charge < -0.3 is 19.5 Å². The molecular formula is C12H21NO5. The molecule has 0 aliphatic carbocycles. The van der Waals surface area contributed by atoms with Crippen LogP contribution in [0.3, 0.4) is 0 Å². The Labute approximate surface area is 107 Å². The fourth-order valence-corrected chi connectivity index (χ4v) is 2.12. The van der Waals surface area contributed by atoms with Gasteiger partial charge in [-0.2, -0.15) is 0 Å². The number of amides is 1. The smallest absolute Gasteiger partial charge is 0.329 e. The molecule has 0 aromatic rings. The van der Waals surface area contributed by atoms with Crippen molar-refractivity contribution < 1.29 is 24.2 Å². The molecule has 0 spiro atoms. The third kappa shape index (κ3) is 3.43. The minimum absolute atomic E-state index is 0.158. The first kappa shape index (κ1) is 14.9. The molecule has 0 aromatic heterocycles. The van der Waals surface area contributed by atoms with Gasteiger partial charge in [0.05, 0.1) is 26.2 Å². The molecule has 0 radical (unpaired) electrons. The van der Waals surface area contributed by atoms with E-state index in [-0.39, 0.29) is 12.3 Å². The minimum Gasteiger partial charge on any atom is -0.480 e. The Balaban J connectivity index is 2.39. The van der Waals surface area contributed by atoms with Gasteiger partial charge in [-0.05, 0) is 19.8 Å². The van der Waals surface area contributed by atoms with E-state index in [1.165, 1.54) is 4.90 Å². The number of carboxylic acid groups (broad SMARTS) is 1. The Morgan fingerprint density at radius 2 is 2.06 bits per heavy atom. The fourth-order valence-electron chi connectivity index (χ4n) is 2.12. The summed E-state index contributed by atoms with van der Waals surface area (Å²) in [5.41, 5.74) is -1.05. The van der Waals surface area contributed by atoms with Gasteiger partial charge >= 0.3 is 5.97 Å². The highest BCUT2D eigenvalue weighted by Gasteiger charge is 2.45. The van der Waals surface area contributed by atoms with Crippen molar-refractivity contribution in [3.05, 3.63) is 0 Å². The summed E-state index contributed by atoms with van der Waals surface area (Å²) in [4.78, 5) is 24.6. The standard InChI is InChI=1S/C12H21NO5/c1-12(11(15)16)5-3-6-13(12)10(14)4-7-18-9-8-17-2/h3-9H2,1-2H3,(H,15,16). The molecule has 1 N–H and O–H groups in total. The lowest BCUT2D eigenvalue weighted by atomic mass is 9.99. The summed E-state index contributed by atoms with van der Waals surface area (Å²) in [6.45, 7) is 3.35. The van der Waals surface area contributed by atoms with Crippen LogP contribution in [0.4, 0.5) is 0 Å². The maximum absolute atomic E-state index is 11.9. The molecule has 1 heterocycles. The van der Waals surface area contributed by atoms with Gasteiger partial charge in [-0.3, -0.25) is 4.79 Å². The van der Waals surface area contributed by atoms with E-state index in [2.05, 4.69) is 0 Å². The van der Waals surface area contributed by atoms with E-state index < -0.39 is 11.5 Å². The predicted molar refractivity (Wildman–Crippen MR) is 64.3 cm³/mol.